The Balaban J connectivity index is 1.53. The number of hydrogen-bond acceptors (Lipinski definition) is 4. The molecule has 0 spiro atoms. The van der Waals surface area contributed by atoms with E-state index < -0.39 is 9.84 Å². The molecule has 2 fully saturated rings. The lowest BCUT2D eigenvalue weighted by molar-refractivity contribution is -0.0497. The zero-order valence-electron chi connectivity index (χ0n) is 14.2. The zero-order valence-corrected chi connectivity index (χ0v) is 15.7. The Hall–Kier alpha value is -1.31. The molecule has 6 nitrogen and oxygen atoms in total. The molecule has 2 atom stereocenters. The molecule has 0 saturated carbocycles. The average Bonchev–Trinajstić information content (AvgIpc) is 2.53. The molecule has 1 aromatic rings. The first-order valence-electron chi connectivity index (χ1n) is 8.48. The largest absolute Gasteiger partial charge is 0.370 e. The van der Waals surface area contributed by atoms with Gasteiger partial charge in [0.15, 0.2) is 9.84 Å². The van der Waals surface area contributed by atoms with E-state index in [9.17, 15) is 13.2 Å². The number of benzene rings is 1. The highest BCUT2D eigenvalue weighted by Gasteiger charge is 2.34. The van der Waals surface area contributed by atoms with Gasteiger partial charge in [0.25, 0.3) is 0 Å². The number of morpholine rings is 1. The molecule has 3 rings (SSSR count). The number of halogens is 1. The summed E-state index contributed by atoms with van der Waals surface area (Å²) >= 11 is 6.06. The average molecular weight is 387 g/mol. The Kier molecular flexibility index (Phi) is 5.55. The molecule has 0 aliphatic carbocycles. The normalized spacial score (nSPS) is 26.1. The third kappa shape index (κ3) is 4.46. The summed E-state index contributed by atoms with van der Waals surface area (Å²) in [5, 5.41) is 3.55. The molecule has 2 aliphatic rings. The fraction of sp³-hybridized carbons (Fsp3) is 0.588. The molecular formula is C17H23ClN2O4S. The molecule has 25 heavy (non-hydrogen) atoms. The second kappa shape index (κ2) is 7.51. The van der Waals surface area contributed by atoms with Crippen molar-refractivity contribution in [3.05, 3.63) is 34.9 Å². The summed E-state index contributed by atoms with van der Waals surface area (Å²) < 4.78 is 28.2. The van der Waals surface area contributed by atoms with Crippen molar-refractivity contribution in [3.63, 3.8) is 0 Å². The molecule has 0 radical (unpaired) electrons. The minimum absolute atomic E-state index is 0.115. The van der Waals surface area contributed by atoms with E-state index in [4.69, 9.17) is 16.3 Å². The first kappa shape index (κ1) is 18.5. The minimum atomic E-state index is -2.80. The van der Waals surface area contributed by atoms with Crippen molar-refractivity contribution in [2.24, 2.45) is 5.92 Å². The maximum atomic E-state index is 12.5. The molecule has 0 bridgehead atoms. The van der Waals surface area contributed by atoms with Crippen molar-refractivity contribution >= 4 is 27.5 Å². The Morgan fingerprint density at radius 2 is 2.16 bits per heavy atom. The first-order valence-corrected chi connectivity index (χ1v) is 10.7. The molecule has 0 aromatic heterocycles. The lowest BCUT2D eigenvalue weighted by Gasteiger charge is -2.39. The van der Waals surface area contributed by atoms with Crippen LogP contribution in [0.2, 0.25) is 5.02 Å². The molecule has 2 heterocycles. The Labute approximate surface area is 153 Å². The van der Waals surface area contributed by atoms with Crippen molar-refractivity contribution in [2.75, 3.05) is 31.2 Å². The molecule has 2 amide bonds. The van der Waals surface area contributed by atoms with Gasteiger partial charge in [0, 0.05) is 18.1 Å². The van der Waals surface area contributed by atoms with Gasteiger partial charge in [-0.1, -0.05) is 23.7 Å². The maximum absolute atomic E-state index is 12.5. The standard InChI is InChI=1S/C17H23ClN2O4S/c1-12-16(14-3-2-4-15(18)9-14)24-8-7-20(12)17(21)19-6-5-13-10-25(22,23)11-13/h2-4,9,12-13,16H,5-8,10-11H2,1H3,(H,19,21)/t12-,16+/m1/s1. The fourth-order valence-corrected chi connectivity index (χ4v) is 5.32. The number of amides is 2. The van der Waals surface area contributed by atoms with Crippen LogP contribution in [0.5, 0.6) is 0 Å². The molecular weight excluding hydrogens is 364 g/mol. The van der Waals surface area contributed by atoms with Crippen molar-refractivity contribution in [2.45, 2.75) is 25.5 Å². The van der Waals surface area contributed by atoms with E-state index in [0.29, 0.717) is 31.1 Å². The fourth-order valence-electron chi connectivity index (χ4n) is 3.45. The van der Waals surface area contributed by atoms with Crippen molar-refractivity contribution in [1.82, 2.24) is 10.2 Å². The summed E-state index contributed by atoms with van der Waals surface area (Å²) in [6.45, 7) is 3.45. The van der Waals surface area contributed by atoms with Gasteiger partial charge in [0.1, 0.15) is 6.10 Å². The highest BCUT2D eigenvalue weighted by Crippen LogP contribution is 2.30. The summed E-state index contributed by atoms with van der Waals surface area (Å²) in [7, 11) is -2.80. The SMILES string of the molecule is C[C@@H]1[C@@H](c2cccc(Cl)c2)OCCN1C(=O)NCCC1CS(=O)(=O)C1. The van der Waals surface area contributed by atoms with E-state index in [-0.39, 0.29) is 35.6 Å². The van der Waals surface area contributed by atoms with Crippen LogP contribution >= 0.6 is 11.6 Å². The van der Waals surface area contributed by atoms with Crippen LogP contribution in [0, 0.1) is 5.92 Å². The Bertz CT molecular complexity index is 728. The van der Waals surface area contributed by atoms with E-state index in [1.54, 1.807) is 4.90 Å². The van der Waals surface area contributed by atoms with Crippen LogP contribution in [0.4, 0.5) is 4.79 Å². The van der Waals surface area contributed by atoms with Crippen LogP contribution in [-0.4, -0.2) is 56.6 Å². The molecule has 1 aromatic carbocycles. The monoisotopic (exact) mass is 386 g/mol. The molecule has 1 N–H and O–H groups in total. The minimum Gasteiger partial charge on any atom is -0.370 e. The highest BCUT2D eigenvalue weighted by atomic mass is 35.5. The van der Waals surface area contributed by atoms with Crippen LogP contribution < -0.4 is 5.32 Å². The number of urea groups is 1. The quantitative estimate of drug-likeness (QED) is 0.861. The molecule has 8 heteroatoms. The van der Waals surface area contributed by atoms with Gasteiger partial charge in [-0.25, -0.2) is 13.2 Å². The number of sulfone groups is 1. The predicted molar refractivity (Wildman–Crippen MR) is 96.5 cm³/mol. The van der Waals surface area contributed by atoms with E-state index in [0.717, 1.165) is 5.56 Å². The summed E-state index contributed by atoms with van der Waals surface area (Å²) in [5.41, 5.74) is 0.956. The van der Waals surface area contributed by atoms with Gasteiger partial charge in [-0.3, -0.25) is 0 Å². The van der Waals surface area contributed by atoms with E-state index in [2.05, 4.69) is 5.32 Å². The lowest BCUT2D eigenvalue weighted by Crippen LogP contribution is -2.52. The lowest BCUT2D eigenvalue weighted by atomic mass is 10.0. The topological polar surface area (TPSA) is 75.7 Å². The number of ether oxygens (including phenoxy) is 1. The van der Waals surface area contributed by atoms with Crippen molar-refractivity contribution in [3.8, 4) is 0 Å². The van der Waals surface area contributed by atoms with Gasteiger partial charge in [-0.05, 0) is 37.0 Å². The number of hydrogen-bond donors (Lipinski definition) is 1. The molecule has 2 aliphatic heterocycles. The van der Waals surface area contributed by atoms with Crippen LogP contribution in [0.3, 0.4) is 0 Å². The number of nitrogens with one attached hydrogen (secondary N) is 1. The first-order chi connectivity index (χ1) is 11.9. The van der Waals surface area contributed by atoms with Crippen LogP contribution in [0.1, 0.15) is 25.0 Å². The van der Waals surface area contributed by atoms with Gasteiger partial charge in [0.05, 0.1) is 24.2 Å². The number of carbonyl (C=O) groups is 1. The highest BCUT2D eigenvalue weighted by molar-refractivity contribution is 7.92. The summed E-state index contributed by atoms with van der Waals surface area (Å²) in [5.74, 6) is 0.660. The maximum Gasteiger partial charge on any atom is 0.317 e. The summed E-state index contributed by atoms with van der Waals surface area (Å²) in [6, 6.07) is 7.25. The van der Waals surface area contributed by atoms with Crippen molar-refractivity contribution in [1.29, 1.82) is 0 Å². The molecule has 2 saturated heterocycles. The van der Waals surface area contributed by atoms with E-state index >= 15 is 0 Å². The second-order valence-electron chi connectivity index (χ2n) is 6.74. The van der Waals surface area contributed by atoms with Crippen molar-refractivity contribution < 1.29 is 17.9 Å². The molecule has 138 valence electrons. The van der Waals surface area contributed by atoms with Gasteiger partial charge >= 0.3 is 6.03 Å². The van der Waals surface area contributed by atoms with Gasteiger partial charge in [-0.2, -0.15) is 0 Å². The zero-order chi connectivity index (χ0) is 18.0. The summed E-state index contributed by atoms with van der Waals surface area (Å²) in [4.78, 5) is 14.3. The van der Waals surface area contributed by atoms with E-state index in [1.165, 1.54) is 0 Å². The predicted octanol–water partition coefficient (Wildman–Crippen LogP) is 2.25. The smallest absolute Gasteiger partial charge is 0.317 e. The third-order valence-electron chi connectivity index (χ3n) is 4.81. The number of nitrogens with zero attached hydrogens (tertiary/aromatic N) is 1. The van der Waals surface area contributed by atoms with Gasteiger partial charge in [0.2, 0.25) is 0 Å². The van der Waals surface area contributed by atoms with Gasteiger partial charge < -0.3 is 15.0 Å². The third-order valence-corrected chi connectivity index (χ3v) is 7.00. The number of carbonyl (C=O) groups excluding carboxylic acids is 1. The summed E-state index contributed by atoms with van der Waals surface area (Å²) in [6.07, 6.45) is 0.483. The Morgan fingerprint density at radius 3 is 2.84 bits per heavy atom. The van der Waals surface area contributed by atoms with E-state index in [1.807, 2.05) is 31.2 Å². The van der Waals surface area contributed by atoms with Crippen LogP contribution in [-0.2, 0) is 14.6 Å². The van der Waals surface area contributed by atoms with Crippen LogP contribution in [0.15, 0.2) is 24.3 Å². The number of rotatable bonds is 4. The van der Waals surface area contributed by atoms with Gasteiger partial charge in [-0.15, -0.1) is 0 Å². The molecule has 0 unspecified atom stereocenters. The second-order valence-corrected chi connectivity index (χ2v) is 9.33. The van der Waals surface area contributed by atoms with Crippen LogP contribution in [0.25, 0.3) is 0 Å². The Morgan fingerprint density at radius 1 is 1.40 bits per heavy atom.